The van der Waals surface area contributed by atoms with Crippen LogP contribution in [-0.4, -0.2) is 29.7 Å². The molecule has 0 fully saturated rings. The molecule has 2 aromatic rings. The van der Waals surface area contributed by atoms with Gasteiger partial charge in [-0.05, 0) is 30.0 Å². The average molecular weight is 317 g/mol. The maximum atomic E-state index is 12.7. The van der Waals surface area contributed by atoms with Crippen molar-refractivity contribution in [3.63, 3.8) is 0 Å². The molecule has 1 heterocycles. The lowest BCUT2D eigenvalue weighted by Crippen LogP contribution is -2.31. The summed E-state index contributed by atoms with van der Waals surface area (Å²) in [6, 6.07) is 6.76. The van der Waals surface area contributed by atoms with Crippen molar-refractivity contribution in [3.8, 4) is 0 Å². The van der Waals surface area contributed by atoms with Crippen molar-refractivity contribution < 1.29 is 19.1 Å². The molecule has 2 rings (SSSR count). The van der Waals surface area contributed by atoms with Gasteiger partial charge in [0.05, 0.1) is 0 Å². The zero-order valence-corrected chi connectivity index (χ0v) is 13.4. The van der Waals surface area contributed by atoms with Gasteiger partial charge in [0.1, 0.15) is 19.3 Å². The number of aromatic nitrogens is 1. The number of ether oxygens (including phenoxy) is 2. The van der Waals surface area contributed by atoms with Gasteiger partial charge in [0.25, 0.3) is 5.56 Å². The molecule has 0 saturated heterocycles. The number of pyridine rings is 1. The van der Waals surface area contributed by atoms with Crippen molar-refractivity contribution in [2.45, 2.75) is 26.8 Å². The van der Waals surface area contributed by atoms with E-state index in [0.29, 0.717) is 5.39 Å². The third-order valence-corrected chi connectivity index (χ3v) is 3.54. The third-order valence-electron chi connectivity index (χ3n) is 3.54. The molecule has 6 heteroatoms. The number of carbonyl (C=O) groups excluding carboxylic acids is 2. The lowest BCUT2D eigenvalue weighted by Gasteiger charge is -2.20. The molecule has 0 unspecified atom stereocenters. The SMILES string of the molecule is CC(=O)OCC(COC(C)=O)n1ccc2c(C)cccc2c1=O. The van der Waals surface area contributed by atoms with Gasteiger partial charge in [0.2, 0.25) is 0 Å². The standard InChI is InChI=1S/C17H19NO5/c1-11-5-4-6-16-15(11)7-8-18(17(16)21)14(9-22-12(2)19)10-23-13(3)20/h4-8,14H,9-10H2,1-3H3. The van der Waals surface area contributed by atoms with E-state index in [1.807, 2.05) is 25.1 Å². The predicted octanol–water partition coefficient (Wildman–Crippen LogP) is 1.98. The van der Waals surface area contributed by atoms with Crippen molar-refractivity contribution in [2.24, 2.45) is 0 Å². The number of esters is 2. The topological polar surface area (TPSA) is 74.6 Å². The van der Waals surface area contributed by atoms with Gasteiger partial charge in [-0.15, -0.1) is 0 Å². The fourth-order valence-corrected chi connectivity index (χ4v) is 2.37. The van der Waals surface area contributed by atoms with Crippen molar-refractivity contribution in [1.82, 2.24) is 4.57 Å². The molecule has 0 radical (unpaired) electrons. The first-order valence-electron chi connectivity index (χ1n) is 7.27. The lowest BCUT2D eigenvalue weighted by atomic mass is 10.1. The van der Waals surface area contributed by atoms with Gasteiger partial charge in [-0.3, -0.25) is 14.4 Å². The highest BCUT2D eigenvalue weighted by molar-refractivity contribution is 5.84. The van der Waals surface area contributed by atoms with Gasteiger partial charge in [0, 0.05) is 25.4 Å². The summed E-state index contributed by atoms with van der Waals surface area (Å²) in [6.45, 7) is 4.42. The minimum Gasteiger partial charge on any atom is -0.464 e. The highest BCUT2D eigenvalue weighted by Crippen LogP contribution is 2.16. The zero-order valence-electron chi connectivity index (χ0n) is 13.4. The highest BCUT2D eigenvalue weighted by Gasteiger charge is 2.17. The van der Waals surface area contributed by atoms with E-state index in [2.05, 4.69) is 0 Å². The van der Waals surface area contributed by atoms with Crippen LogP contribution in [0.4, 0.5) is 0 Å². The van der Waals surface area contributed by atoms with E-state index in [0.717, 1.165) is 10.9 Å². The Labute approximate surface area is 133 Å². The maximum absolute atomic E-state index is 12.7. The quantitative estimate of drug-likeness (QED) is 0.788. The summed E-state index contributed by atoms with van der Waals surface area (Å²) in [4.78, 5) is 34.8. The van der Waals surface area contributed by atoms with Crippen LogP contribution in [0, 0.1) is 6.92 Å². The fraction of sp³-hybridized carbons (Fsp3) is 0.353. The first-order chi connectivity index (χ1) is 10.9. The van der Waals surface area contributed by atoms with E-state index in [1.54, 1.807) is 12.3 Å². The summed E-state index contributed by atoms with van der Waals surface area (Å²) in [5.74, 6) is -0.912. The molecular formula is C17H19NO5. The lowest BCUT2D eigenvalue weighted by molar-refractivity contribution is -0.145. The van der Waals surface area contributed by atoms with Crippen LogP contribution in [0.2, 0.25) is 0 Å². The van der Waals surface area contributed by atoms with Crippen LogP contribution in [0.1, 0.15) is 25.5 Å². The minimum atomic E-state index is -0.569. The van der Waals surface area contributed by atoms with E-state index >= 15 is 0 Å². The monoisotopic (exact) mass is 317 g/mol. The summed E-state index contributed by atoms with van der Waals surface area (Å²) >= 11 is 0. The van der Waals surface area contributed by atoms with Gasteiger partial charge in [-0.2, -0.15) is 0 Å². The molecule has 122 valence electrons. The second kappa shape index (κ2) is 7.09. The Bertz CT molecular complexity index is 775. The molecule has 0 amide bonds. The molecule has 0 aliphatic rings. The van der Waals surface area contributed by atoms with Crippen LogP contribution in [0.3, 0.4) is 0 Å². The van der Waals surface area contributed by atoms with Crippen molar-refractivity contribution >= 4 is 22.7 Å². The summed E-state index contributed by atoms with van der Waals surface area (Å²) in [5, 5.41) is 1.44. The van der Waals surface area contributed by atoms with E-state index in [4.69, 9.17) is 9.47 Å². The van der Waals surface area contributed by atoms with Crippen LogP contribution >= 0.6 is 0 Å². The van der Waals surface area contributed by atoms with Gasteiger partial charge in [0.15, 0.2) is 0 Å². The van der Waals surface area contributed by atoms with Crippen molar-refractivity contribution in [1.29, 1.82) is 0 Å². The molecule has 1 aromatic carbocycles. The summed E-state index contributed by atoms with van der Waals surface area (Å²) in [7, 11) is 0. The molecular weight excluding hydrogens is 298 g/mol. The smallest absolute Gasteiger partial charge is 0.302 e. The summed E-state index contributed by atoms with van der Waals surface area (Å²) in [6.07, 6.45) is 1.63. The number of rotatable bonds is 5. The number of hydrogen-bond donors (Lipinski definition) is 0. The molecule has 0 bridgehead atoms. The fourth-order valence-electron chi connectivity index (χ4n) is 2.37. The van der Waals surface area contributed by atoms with Gasteiger partial charge < -0.3 is 14.0 Å². The molecule has 0 saturated carbocycles. The largest absolute Gasteiger partial charge is 0.464 e. The van der Waals surface area contributed by atoms with E-state index < -0.39 is 18.0 Å². The summed E-state index contributed by atoms with van der Waals surface area (Å²) < 4.78 is 11.4. The maximum Gasteiger partial charge on any atom is 0.302 e. The molecule has 0 aliphatic heterocycles. The second-order valence-electron chi connectivity index (χ2n) is 5.32. The molecule has 0 N–H and O–H groups in total. The zero-order chi connectivity index (χ0) is 17.0. The van der Waals surface area contributed by atoms with Crippen LogP contribution in [-0.2, 0) is 19.1 Å². The van der Waals surface area contributed by atoms with E-state index in [9.17, 15) is 14.4 Å². The first kappa shape index (κ1) is 16.7. The normalized spacial score (nSPS) is 10.8. The number of aryl methyl sites for hydroxylation is 1. The molecule has 0 spiro atoms. The van der Waals surface area contributed by atoms with E-state index in [1.165, 1.54) is 18.4 Å². The Balaban J connectivity index is 2.42. The highest BCUT2D eigenvalue weighted by atomic mass is 16.5. The molecule has 1 aromatic heterocycles. The van der Waals surface area contributed by atoms with Crippen molar-refractivity contribution in [3.05, 3.63) is 46.4 Å². The Morgan fingerprint density at radius 3 is 2.22 bits per heavy atom. The second-order valence-corrected chi connectivity index (χ2v) is 5.32. The van der Waals surface area contributed by atoms with Crippen molar-refractivity contribution in [2.75, 3.05) is 13.2 Å². The Morgan fingerprint density at radius 1 is 1.04 bits per heavy atom. The molecule has 6 nitrogen and oxygen atoms in total. The van der Waals surface area contributed by atoms with Gasteiger partial charge in [-0.25, -0.2) is 0 Å². The third kappa shape index (κ3) is 3.97. The average Bonchev–Trinajstić information content (AvgIpc) is 2.49. The number of fused-ring (bicyclic) bond motifs is 1. The molecule has 0 aliphatic carbocycles. The van der Waals surface area contributed by atoms with Crippen LogP contribution < -0.4 is 5.56 Å². The Morgan fingerprint density at radius 2 is 1.65 bits per heavy atom. The number of hydrogen-bond acceptors (Lipinski definition) is 5. The van der Waals surface area contributed by atoms with E-state index in [-0.39, 0.29) is 18.8 Å². The number of benzene rings is 1. The van der Waals surface area contributed by atoms with Crippen LogP contribution in [0.15, 0.2) is 35.3 Å². The van der Waals surface area contributed by atoms with Crippen LogP contribution in [0.25, 0.3) is 10.8 Å². The number of nitrogens with zero attached hydrogens (tertiary/aromatic N) is 1. The Hall–Kier alpha value is -2.63. The molecule has 0 atom stereocenters. The minimum absolute atomic E-state index is 0.0418. The predicted molar refractivity (Wildman–Crippen MR) is 85.2 cm³/mol. The van der Waals surface area contributed by atoms with Gasteiger partial charge >= 0.3 is 11.9 Å². The van der Waals surface area contributed by atoms with Crippen LogP contribution in [0.5, 0.6) is 0 Å². The summed E-state index contributed by atoms with van der Waals surface area (Å²) in [5.41, 5.74) is 0.791. The Kier molecular flexibility index (Phi) is 5.16. The molecule has 23 heavy (non-hydrogen) atoms. The first-order valence-corrected chi connectivity index (χ1v) is 7.27. The van der Waals surface area contributed by atoms with Gasteiger partial charge in [-0.1, -0.05) is 12.1 Å². The number of carbonyl (C=O) groups is 2.